The summed E-state index contributed by atoms with van der Waals surface area (Å²) in [6, 6.07) is 0. The van der Waals surface area contributed by atoms with Gasteiger partial charge in [-0.15, -0.1) is 0 Å². The van der Waals surface area contributed by atoms with Gasteiger partial charge in [-0.2, -0.15) is 0 Å². The quantitative estimate of drug-likeness (QED) is 0.392. The summed E-state index contributed by atoms with van der Waals surface area (Å²) in [7, 11) is -1.11. The van der Waals surface area contributed by atoms with Crippen molar-refractivity contribution < 1.29 is 22.9 Å². The minimum absolute atomic E-state index is 0.110. The Bertz CT molecular complexity index is 263. The van der Waals surface area contributed by atoms with Gasteiger partial charge >= 0.3 is 7.82 Å². The molecular weight excluding hydrogens is 207 g/mol. The van der Waals surface area contributed by atoms with Crippen LogP contribution >= 0.6 is 7.82 Å². The fraction of sp³-hybridized carbons (Fsp3) is 0.625. The van der Waals surface area contributed by atoms with Crippen LogP contribution in [0.2, 0.25) is 0 Å². The van der Waals surface area contributed by atoms with Gasteiger partial charge in [-0.1, -0.05) is 6.92 Å². The van der Waals surface area contributed by atoms with Crippen LogP contribution in [0.15, 0.2) is 11.8 Å². The molecule has 0 aliphatic carbocycles. The lowest BCUT2D eigenvalue weighted by atomic mass is 10.3. The highest BCUT2D eigenvalue weighted by Gasteiger charge is 2.24. The number of hydrogen-bond acceptors (Lipinski definition) is 5. The summed E-state index contributed by atoms with van der Waals surface area (Å²) in [6.45, 7) is 3.23. The third-order valence-corrected chi connectivity index (χ3v) is 2.82. The molecule has 0 unspecified atom stereocenters. The molecule has 0 aliphatic heterocycles. The van der Waals surface area contributed by atoms with Crippen molar-refractivity contribution in [3.05, 3.63) is 11.8 Å². The normalized spacial score (nSPS) is 12.7. The zero-order chi connectivity index (χ0) is 11.2. The smallest absolute Gasteiger partial charge is 0.409 e. The van der Waals surface area contributed by atoms with Gasteiger partial charge in [-0.05, 0) is 6.92 Å². The molecule has 0 atom stereocenters. The van der Waals surface area contributed by atoms with Crippen LogP contribution in [0, 0.1) is 0 Å². The van der Waals surface area contributed by atoms with Crippen LogP contribution in [0.5, 0.6) is 0 Å². The van der Waals surface area contributed by atoms with E-state index in [9.17, 15) is 9.36 Å². The molecule has 14 heavy (non-hydrogen) atoms. The standard InChI is InChI=1S/C8H15O5P/c1-5-8(9)6-7(2)13-14(10,11-3)12-4/h6H,5H2,1-4H3/b7-6-. The van der Waals surface area contributed by atoms with Gasteiger partial charge in [0.15, 0.2) is 5.78 Å². The van der Waals surface area contributed by atoms with E-state index in [0.29, 0.717) is 6.42 Å². The number of phosphoric acid groups is 1. The second kappa shape index (κ2) is 5.96. The summed E-state index contributed by atoms with van der Waals surface area (Å²) < 4.78 is 25.3. The first kappa shape index (κ1) is 13.4. The average Bonchev–Trinajstić information content (AvgIpc) is 2.17. The maximum atomic E-state index is 11.4. The topological polar surface area (TPSA) is 61.8 Å². The second-order valence-electron chi connectivity index (χ2n) is 2.48. The highest BCUT2D eigenvalue weighted by molar-refractivity contribution is 7.48. The monoisotopic (exact) mass is 222 g/mol. The zero-order valence-corrected chi connectivity index (χ0v) is 9.67. The molecule has 0 bridgehead atoms. The van der Waals surface area contributed by atoms with Crippen molar-refractivity contribution in [3.63, 3.8) is 0 Å². The SMILES string of the molecule is CCC(=O)/C=C(/C)OP(=O)(OC)OC. The predicted octanol–water partition coefficient (Wildman–Crippen LogP) is 2.29. The van der Waals surface area contributed by atoms with E-state index in [0.717, 1.165) is 0 Å². The number of ketones is 1. The molecule has 0 saturated heterocycles. The van der Waals surface area contributed by atoms with Crippen LogP contribution in [0.4, 0.5) is 0 Å². The van der Waals surface area contributed by atoms with Gasteiger partial charge in [-0.3, -0.25) is 13.8 Å². The van der Waals surface area contributed by atoms with E-state index in [-0.39, 0.29) is 11.5 Å². The zero-order valence-electron chi connectivity index (χ0n) is 8.77. The van der Waals surface area contributed by atoms with Gasteiger partial charge in [-0.25, -0.2) is 4.57 Å². The van der Waals surface area contributed by atoms with E-state index >= 15 is 0 Å². The molecule has 0 aromatic carbocycles. The van der Waals surface area contributed by atoms with Crippen molar-refractivity contribution in [2.45, 2.75) is 20.3 Å². The first-order valence-corrected chi connectivity index (χ1v) is 5.55. The van der Waals surface area contributed by atoms with Crippen LogP contribution in [-0.2, 0) is 22.9 Å². The number of carbonyl (C=O) groups is 1. The molecule has 0 N–H and O–H groups in total. The molecule has 82 valence electrons. The summed E-state index contributed by atoms with van der Waals surface area (Å²) in [5.74, 6) is 0.102. The molecule has 0 rings (SSSR count). The fourth-order valence-electron chi connectivity index (χ4n) is 0.681. The Morgan fingerprint density at radius 3 is 2.21 bits per heavy atom. The number of allylic oxidation sites excluding steroid dienone is 2. The molecule has 0 spiro atoms. The lowest BCUT2D eigenvalue weighted by Crippen LogP contribution is -1.96. The van der Waals surface area contributed by atoms with E-state index in [1.54, 1.807) is 6.92 Å². The maximum Gasteiger partial charge on any atom is 0.529 e. The summed E-state index contributed by atoms with van der Waals surface area (Å²) in [5, 5.41) is 0. The summed E-state index contributed by atoms with van der Waals surface area (Å²) in [5.41, 5.74) is 0. The van der Waals surface area contributed by atoms with Gasteiger partial charge in [0, 0.05) is 26.7 Å². The first-order chi connectivity index (χ1) is 6.47. The van der Waals surface area contributed by atoms with E-state index in [2.05, 4.69) is 9.05 Å². The van der Waals surface area contributed by atoms with Crippen molar-refractivity contribution in [2.75, 3.05) is 14.2 Å². The Morgan fingerprint density at radius 2 is 1.86 bits per heavy atom. The van der Waals surface area contributed by atoms with Crippen LogP contribution in [0.25, 0.3) is 0 Å². The molecule has 0 heterocycles. The Morgan fingerprint density at radius 1 is 1.36 bits per heavy atom. The van der Waals surface area contributed by atoms with Crippen LogP contribution in [0.1, 0.15) is 20.3 Å². The highest BCUT2D eigenvalue weighted by Crippen LogP contribution is 2.49. The molecule has 0 amide bonds. The van der Waals surface area contributed by atoms with Crippen molar-refractivity contribution >= 4 is 13.6 Å². The highest BCUT2D eigenvalue weighted by atomic mass is 31.2. The lowest BCUT2D eigenvalue weighted by Gasteiger charge is -2.13. The first-order valence-electron chi connectivity index (χ1n) is 4.09. The molecule has 0 fully saturated rings. The molecule has 6 heteroatoms. The van der Waals surface area contributed by atoms with Crippen molar-refractivity contribution in [1.29, 1.82) is 0 Å². The van der Waals surface area contributed by atoms with Gasteiger partial charge in [0.05, 0.1) is 0 Å². The van der Waals surface area contributed by atoms with Gasteiger partial charge in [0.1, 0.15) is 5.76 Å². The maximum absolute atomic E-state index is 11.4. The van der Waals surface area contributed by atoms with Crippen LogP contribution < -0.4 is 0 Å². The Labute approximate surface area is 83.7 Å². The average molecular weight is 222 g/mol. The summed E-state index contributed by atoms with van der Waals surface area (Å²) in [6.07, 6.45) is 1.62. The molecule has 0 aromatic rings. The van der Waals surface area contributed by atoms with E-state index < -0.39 is 7.82 Å². The minimum atomic E-state index is -3.52. The number of phosphoric ester groups is 1. The van der Waals surface area contributed by atoms with Gasteiger partial charge < -0.3 is 4.52 Å². The third kappa shape index (κ3) is 4.56. The van der Waals surface area contributed by atoms with E-state index in [4.69, 9.17) is 4.52 Å². The summed E-state index contributed by atoms with van der Waals surface area (Å²) in [4.78, 5) is 11.0. The molecule has 0 radical (unpaired) electrons. The minimum Gasteiger partial charge on any atom is -0.409 e. The number of carbonyl (C=O) groups excluding carboxylic acids is 1. The lowest BCUT2D eigenvalue weighted by molar-refractivity contribution is -0.114. The van der Waals surface area contributed by atoms with Crippen molar-refractivity contribution in [2.24, 2.45) is 0 Å². The van der Waals surface area contributed by atoms with E-state index in [1.165, 1.54) is 27.2 Å². The molecular formula is C8H15O5P. The Balaban J connectivity index is 4.44. The van der Waals surface area contributed by atoms with Gasteiger partial charge in [0.2, 0.25) is 0 Å². The third-order valence-electron chi connectivity index (χ3n) is 1.42. The molecule has 0 saturated carbocycles. The fourth-order valence-corrected chi connectivity index (χ4v) is 1.38. The van der Waals surface area contributed by atoms with Crippen LogP contribution in [-0.4, -0.2) is 20.0 Å². The number of rotatable bonds is 6. The number of hydrogen-bond donors (Lipinski definition) is 0. The Hall–Kier alpha value is -0.640. The van der Waals surface area contributed by atoms with Crippen LogP contribution in [0.3, 0.4) is 0 Å². The summed E-state index contributed by atoms with van der Waals surface area (Å²) >= 11 is 0. The van der Waals surface area contributed by atoms with E-state index in [1.807, 2.05) is 0 Å². The predicted molar refractivity (Wildman–Crippen MR) is 51.8 cm³/mol. The molecule has 5 nitrogen and oxygen atoms in total. The largest absolute Gasteiger partial charge is 0.529 e. The second-order valence-corrected chi connectivity index (χ2v) is 4.29. The van der Waals surface area contributed by atoms with Gasteiger partial charge in [0.25, 0.3) is 0 Å². The Kier molecular flexibility index (Phi) is 5.69. The van der Waals surface area contributed by atoms with Crippen molar-refractivity contribution in [1.82, 2.24) is 0 Å². The molecule has 0 aromatic heterocycles. The van der Waals surface area contributed by atoms with Crippen molar-refractivity contribution in [3.8, 4) is 0 Å². The molecule has 0 aliphatic rings.